The highest BCUT2D eigenvalue weighted by Crippen LogP contribution is 2.39. The number of alkyl halides is 3. The zero-order chi connectivity index (χ0) is 20.6. The van der Waals surface area contributed by atoms with Crippen molar-refractivity contribution in [3.63, 3.8) is 0 Å². The molecular formula is C20H23F3N4O2. The molecule has 9 heteroatoms. The number of phenolic OH excluding ortho intramolecular Hbond substituents is 1. The first kappa shape index (κ1) is 19.9. The average molecular weight is 408 g/mol. The minimum atomic E-state index is -4.52. The molecule has 3 heterocycles. The second-order valence-corrected chi connectivity index (χ2v) is 7.63. The number of halogens is 3. The molecule has 1 saturated heterocycles. The number of hydrogen-bond acceptors (Lipinski definition) is 6. The van der Waals surface area contributed by atoms with E-state index in [-0.39, 0.29) is 11.6 Å². The Morgan fingerprint density at radius 1 is 1.24 bits per heavy atom. The van der Waals surface area contributed by atoms with E-state index in [2.05, 4.69) is 27.5 Å². The largest absolute Gasteiger partial charge is 0.507 e. The van der Waals surface area contributed by atoms with Crippen LogP contribution in [0.1, 0.15) is 29.5 Å². The van der Waals surface area contributed by atoms with Gasteiger partial charge < -0.3 is 20.1 Å². The second kappa shape index (κ2) is 7.79. The predicted molar refractivity (Wildman–Crippen MR) is 102 cm³/mol. The van der Waals surface area contributed by atoms with Gasteiger partial charge >= 0.3 is 6.18 Å². The van der Waals surface area contributed by atoms with Gasteiger partial charge in [0.05, 0.1) is 18.8 Å². The molecule has 1 atom stereocenters. The number of aromatic hydroxyl groups is 1. The van der Waals surface area contributed by atoms with E-state index in [1.54, 1.807) is 0 Å². The highest BCUT2D eigenvalue weighted by Gasteiger charge is 2.32. The third-order valence-corrected chi connectivity index (χ3v) is 5.47. The molecule has 2 aliphatic rings. The van der Waals surface area contributed by atoms with E-state index in [1.807, 2.05) is 0 Å². The maximum absolute atomic E-state index is 12.9. The van der Waals surface area contributed by atoms with Crippen molar-refractivity contribution in [1.82, 2.24) is 15.1 Å². The summed E-state index contributed by atoms with van der Waals surface area (Å²) in [5.41, 5.74) is 1.46. The Labute approximate surface area is 166 Å². The minimum absolute atomic E-state index is 0.243. The zero-order valence-electron chi connectivity index (χ0n) is 16.1. The lowest BCUT2D eigenvalue weighted by atomic mass is 9.96. The lowest BCUT2D eigenvalue weighted by Crippen LogP contribution is -2.40. The van der Waals surface area contributed by atoms with Crippen molar-refractivity contribution in [3.05, 3.63) is 34.9 Å². The molecule has 1 unspecified atom stereocenters. The molecule has 29 heavy (non-hydrogen) atoms. The fourth-order valence-electron chi connectivity index (χ4n) is 4.00. The molecule has 0 radical (unpaired) electrons. The van der Waals surface area contributed by atoms with E-state index in [4.69, 9.17) is 4.74 Å². The Balaban J connectivity index is 1.69. The molecule has 2 N–H and O–H groups in total. The van der Waals surface area contributed by atoms with Crippen LogP contribution < -0.4 is 5.32 Å². The standard InChI is InChI=1S/C20H23F3N4O2/c1-27-7-2-3-13(10-27)24-19-16-11-29-8-6-14(16)18(25-26-19)15-5-4-12(9-17(15)28)20(21,22)23/h4-5,9,13,28H,2-3,6-8,10-11H2,1H3,(H,24,26). The van der Waals surface area contributed by atoms with E-state index in [9.17, 15) is 18.3 Å². The van der Waals surface area contributed by atoms with E-state index in [0.717, 1.165) is 49.2 Å². The average Bonchev–Trinajstić information content (AvgIpc) is 2.68. The Kier molecular flexibility index (Phi) is 5.35. The van der Waals surface area contributed by atoms with E-state index in [0.29, 0.717) is 31.1 Å². The first-order valence-corrected chi connectivity index (χ1v) is 9.65. The molecule has 1 aromatic carbocycles. The Morgan fingerprint density at radius 3 is 2.79 bits per heavy atom. The molecule has 2 aromatic rings. The lowest BCUT2D eigenvalue weighted by Gasteiger charge is -2.31. The Morgan fingerprint density at radius 2 is 2.07 bits per heavy atom. The smallest absolute Gasteiger partial charge is 0.416 e. The number of benzene rings is 1. The zero-order valence-corrected chi connectivity index (χ0v) is 16.1. The summed E-state index contributed by atoms with van der Waals surface area (Å²) in [5.74, 6) is 0.188. The number of anilines is 1. The lowest BCUT2D eigenvalue weighted by molar-refractivity contribution is -0.137. The van der Waals surface area contributed by atoms with Crippen molar-refractivity contribution in [2.45, 2.75) is 38.1 Å². The first-order valence-electron chi connectivity index (χ1n) is 9.65. The van der Waals surface area contributed by atoms with Crippen LogP contribution in [0.4, 0.5) is 19.0 Å². The van der Waals surface area contributed by atoms with Crippen LogP contribution in [-0.2, 0) is 23.9 Å². The van der Waals surface area contributed by atoms with Gasteiger partial charge in [-0.1, -0.05) is 0 Å². The summed E-state index contributed by atoms with van der Waals surface area (Å²) < 4.78 is 44.3. The number of likely N-dealkylation sites (N-methyl/N-ethyl adjacent to an activating group) is 1. The van der Waals surface area contributed by atoms with Gasteiger partial charge in [0.2, 0.25) is 0 Å². The maximum atomic E-state index is 12.9. The molecule has 2 aliphatic heterocycles. The number of aromatic nitrogens is 2. The highest BCUT2D eigenvalue weighted by molar-refractivity contribution is 5.73. The van der Waals surface area contributed by atoms with Gasteiger partial charge in [-0.3, -0.25) is 0 Å². The van der Waals surface area contributed by atoms with Crippen molar-refractivity contribution in [2.24, 2.45) is 0 Å². The number of hydrogen-bond donors (Lipinski definition) is 2. The predicted octanol–water partition coefficient (Wildman–Crippen LogP) is 3.45. The maximum Gasteiger partial charge on any atom is 0.416 e. The normalized spacial score (nSPS) is 20.3. The number of fused-ring (bicyclic) bond motifs is 1. The van der Waals surface area contributed by atoms with Gasteiger partial charge in [0.1, 0.15) is 11.4 Å². The number of nitrogens with one attached hydrogen (secondary N) is 1. The molecule has 4 rings (SSSR count). The molecular weight excluding hydrogens is 385 g/mol. The molecule has 1 fully saturated rings. The SMILES string of the molecule is CN1CCCC(Nc2nnc(-c3ccc(C(F)(F)F)cc3O)c3c2COCC3)C1. The van der Waals surface area contributed by atoms with Gasteiger partial charge in [-0.2, -0.15) is 13.2 Å². The number of ether oxygens (including phenoxy) is 1. The fraction of sp³-hybridized carbons (Fsp3) is 0.500. The number of piperidine rings is 1. The first-order chi connectivity index (χ1) is 13.8. The van der Waals surface area contributed by atoms with Crippen molar-refractivity contribution in [2.75, 3.05) is 32.1 Å². The van der Waals surface area contributed by atoms with Crippen LogP contribution in [0.3, 0.4) is 0 Å². The topological polar surface area (TPSA) is 70.5 Å². The van der Waals surface area contributed by atoms with E-state index >= 15 is 0 Å². The van der Waals surface area contributed by atoms with Crippen LogP contribution in [0.25, 0.3) is 11.3 Å². The van der Waals surface area contributed by atoms with Crippen LogP contribution in [0.15, 0.2) is 18.2 Å². The molecule has 0 spiro atoms. The van der Waals surface area contributed by atoms with Crippen LogP contribution in [-0.4, -0.2) is 53.0 Å². The summed E-state index contributed by atoms with van der Waals surface area (Å²) in [4.78, 5) is 2.26. The van der Waals surface area contributed by atoms with E-state index < -0.39 is 17.5 Å². The van der Waals surface area contributed by atoms with Gasteiger partial charge in [0.25, 0.3) is 0 Å². The molecule has 0 saturated carbocycles. The van der Waals surface area contributed by atoms with Crippen LogP contribution in [0.2, 0.25) is 0 Å². The van der Waals surface area contributed by atoms with Crippen LogP contribution >= 0.6 is 0 Å². The number of nitrogens with zero attached hydrogens (tertiary/aromatic N) is 3. The molecule has 0 amide bonds. The van der Waals surface area contributed by atoms with Gasteiger partial charge in [-0.15, -0.1) is 10.2 Å². The summed E-state index contributed by atoms with van der Waals surface area (Å²) in [5, 5.41) is 22.3. The fourth-order valence-corrected chi connectivity index (χ4v) is 4.00. The molecule has 1 aromatic heterocycles. The summed E-state index contributed by atoms with van der Waals surface area (Å²) >= 11 is 0. The molecule has 6 nitrogen and oxygen atoms in total. The number of phenols is 1. The Bertz CT molecular complexity index is 904. The van der Waals surface area contributed by atoms with Crippen molar-refractivity contribution < 1.29 is 23.0 Å². The second-order valence-electron chi connectivity index (χ2n) is 7.63. The Hall–Kier alpha value is -2.39. The summed E-state index contributed by atoms with van der Waals surface area (Å²) in [6.45, 7) is 2.80. The molecule has 156 valence electrons. The van der Waals surface area contributed by atoms with Crippen LogP contribution in [0.5, 0.6) is 5.75 Å². The van der Waals surface area contributed by atoms with Crippen molar-refractivity contribution in [3.8, 4) is 17.0 Å². The quantitative estimate of drug-likeness (QED) is 0.811. The van der Waals surface area contributed by atoms with Crippen molar-refractivity contribution in [1.29, 1.82) is 0 Å². The third kappa shape index (κ3) is 4.16. The van der Waals surface area contributed by atoms with Gasteiger partial charge in [-0.05, 0) is 56.6 Å². The summed E-state index contributed by atoms with van der Waals surface area (Å²) in [6, 6.07) is 3.18. The third-order valence-electron chi connectivity index (χ3n) is 5.47. The minimum Gasteiger partial charge on any atom is -0.507 e. The number of rotatable bonds is 3. The highest BCUT2D eigenvalue weighted by atomic mass is 19.4. The van der Waals surface area contributed by atoms with E-state index in [1.165, 1.54) is 6.07 Å². The van der Waals surface area contributed by atoms with Crippen molar-refractivity contribution >= 4 is 5.82 Å². The summed E-state index contributed by atoms with van der Waals surface area (Å²) in [7, 11) is 2.08. The monoisotopic (exact) mass is 408 g/mol. The van der Waals surface area contributed by atoms with Gasteiger partial charge in [0, 0.05) is 23.7 Å². The summed E-state index contributed by atoms with van der Waals surface area (Å²) in [6.07, 6.45) is -1.84. The molecule has 0 bridgehead atoms. The molecule has 0 aliphatic carbocycles. The van der Waals surface area contributed by atoms with Gasteiger partial charge in [0.15, 0.2) is 5.82 Å². The number of likely N-dealkylation sites (tertiary alicyclic amines) is 1. The van der Waals surface area contributed by atoms with Crippen LogP contribution in [0, 0.1) is 0 Å². The van der Waals surface area contributed by atoms with Gasteiger partial charge in [-0.25, -0.2) is 0 Å².